The van der Waals surface area contributed by atoms with Crippen molar-refractivity contribution in [3.8, 4) is 0 Å². The monoisotopic (exact) mass is 270 g/mol. The fraction of sp³-hybridized carbons (Fsp3) is 0.545. The van der Waals surface area contributed by atoms with E-state index in [9.17, 15) is 9.59 Å². The average Bonchev–Trinajstić information content (AvgIpc) is 2.87. The van der Waals surface area contributed by atoms with Crippen molar-refractivity contribution in [1.29, 1.82) is 0 Å². The number of nitrogens with one attached hydrogen (secondary N) is 3. The van der Waals surface area contributed by atoms with Gasteiger partial charge in [-0.05, 0) is 6.42 Å². The highest BCUT2D eigenvalue weighted by atomic mass is 16.5. The molecule has 0 spiro atoms. The van der Waals surface area contributed by atoms with E-state index in [1.807, 2.05) is 0 Å². The molecule has 0 aliphatic heterocycles. The third kappa shape index (κ3) is 7.77. The number of carboxylic acids is 1. The second kappa shape index (κ2) is 8.92. The topological polar surface area (TPSA) is 116 Å². The lowest BCUT2D eigenvalue weighted by atomic mass is 10.3. The number of rotatable bonds is 9. The van der Waals surface area contributed by atoms with Crippen molar-refractivity contribution < 1.29 is 19.4 Å². The number of carboxylic acid groups (broad SMARTS) is 1. The molecule has 0 bridgehead atoms. The van der Waals surface area contributed by atoms with Gasteiger partial charge in [-0.2, -0.15) is 0 Å². The lowest BCUT2D eigenvalue weighted by molar-refractivity contribution is -0.142. The molecule has 0 aromatic carbocycles. The zero-order chi connectivity index (χ0) is 13.9. The number of aromatic nitrogens is 2. The maximum Gasteiger partial charge on any atom is 0.329 e. The SMILES string of the molecule is O=C(O)COCCNC(=O)NCCCc1ncc[nH]1. The number of aliphatic carboxylic acids is 1. The van der Waals surface area contributed by atoms with Crippen molar-refractivity contribution in [2.45, 2.75) is 12.8 Å². The number of carbonyl (C=O) groups excluding carboxylic acids is 1. The normalized spacial score (nSPS) is 10.1. The van der Waals surface area contributed by atoms with Gasteiger partial charge in [0.1, 0.15) is 12.4 Å². The molecule has 0 aliphatic rings. The molecule has 8 nitrogen and oxygen atoms in total. The minimum Gasteiger partial charge on any atom is -0.480 e. The van der Waals surface area contributed by atoms with Crippen LogP contribution in [0.3, 0.4) is 0 Å². The molecule has 0 saturated heterocycles. The van der Waals surface area contributed by atoms with Gasteiger partial charge < -0.3 is 25.5 Å². The molecule has 8 heteroatoms. The van der Waals surface area contributed by atoms with Crippen LogP contribution in [0.4, 0.5) is 4.79 Å². The summed E-state index contributed by atoms with van der Waals surface area (Å²) in [5.74, 6) is -0.133. The Bertz CT molecular complexity index is 380. The van der Waals surface area contributed by atoms with Gasteiger partial charge in [-0.1, -0.05) is 0 Å². The highest BCUT2D eigenvalue weighted by molar-refractivity contribution is 5.73. The summed E-state index contributed by atoms with van der Waals surface area (Å²) in [5, 5.41) is 13.6. The molecule has 1 aromatic heterocycles. The summed E-state index contributed by atoms with van der Waals surface area (Å²) in [4.78, 5) is 28.5. The number of hydrogen-bond acceptors (Lipinski definition) is 4. The van der Waals surface area contributed by atoms with Crippen LogP contribution in [-0.4, -0.2) is 53.4 Å². The van der Waals surface area contributed by atoms with Crippen LogP contribution >= 0.6 is 0 Å². The number of hydrogen-bond donors (Lipinski definition) is 4. The number of urea groups is 1. The maximum atomic E-state index is 11.3. The largest absolute Gasteiger partial charge is 0.480 e. The van der Waals surface area contributed by atoms with Gasteiger partial charge in [0.05, 0.1) is 6.61 Å². The molecular weight excluding hydrogens is 252 g/mol. The summed E-state index contributed by atoms with van der Waals surface area (Å²) in [6.45, 7) is 0.637. The smallest absolute Gasteiger partial charge is 0.329 e. The van der Waals surface area contributed by atoms with E-state index in [0.717, 1.165) is 18.7 Å². The van der Waals surface area contributed by atoms with Gasteiger partial charge in [-0.3, -0.25) is 0 Å². The van der Waals surface area contributed by atoms with Crippen LogP contribution in [0, 0.1) is 0 Å². The summed E-state index contributed by atoms with van der Waals surface area (Å²) in [6.07, 6.45) is 5.00. The molecule has 2 amide bonds. The molecule has 0 radical (unpaired) electrons. The second-order valence-corrected chi connectivity index (χ2v) is 3.77. The predicted octanol–water partition coefficient (Wildman–Crippen LogP) is -0.257. The Morgan fingerprint density at radius 2 is 2.16 bits per heavy atom. The molecule has 0 atom stereocenters. The predicted molar refractivity (Wildman–Crippen MR) is 66.8 cm³/mol. The van der Waals surface area contributed by atoms with Crippen LogP contribution in [0.1, 0.15) is 12.2 Å². The molecule has 0 saturated carbocycles. The summed E-state index contributed by atoms with van der Waals surface area (Å²) < 4.78 is 4.77. The van der Waals surface area contributed by atoms with Gasteiger partial charge in [-0.15, -0.1) is 0 Å². The van der Waals surface area contributed by atoms with Crippen molar-refractivity contribution in [2.24, 2.45) is 0 Å². The van der Waals surface area contributed by atoms with Gasteiger partial charge in [0.15, 0.2) is 0 Å². The minimum absolute atomic E-state index is 0.173. The highest BCUT2D eigenvalue weighted by Crippen LogP contribution is 1.92. The molecule has 19 heavy (non-hydrogen) atoms. The Hall–Kier alpha value is -2.09. The Morgan fingerprint density at radius 3 is 2.84 bits per heavy atom. The number of amides is 2. The average molecular weight is 270 g/mol. The van der Waals surface area contributed by atoms with E-state index in [-0.39, 0.29) is 25.8 Å². The first-order valence-electron chi connectivity index (χ1n) is 5.98. The molecule has 1 aromatic rings. The fourth-order valence-corrected chi connectivity index (χ4v) is 1.35. The molecular formula is C11H18N4O4. The lowest BCUT2D eigenvalue weighted by Crippen LogP contribution is -2.38. The van der Waals surface area contributed by atoms with Crippen LogP contribution < -0.4 is 10.6 Å². The fourth-order valence-electron chi connectivity index (χ4n) is 1.35. The van der Waals surface area contributed by atoms with Crippen LogP contribution in [0.15, 0.2) is 12.4 Å². The summed E-state index contributed by atoms with van der Waals surface area (Å²) in [6, 6.07) is -0.293. The Balaban J connectivity index is 1.92. The number of carbonyl (C=O) groups is 2. The van der Waals surface area contributed by atoms with E-state index >= 15 is 0 Å². The molecule has 4 N–H and O–H groups in total. The van der Waals surface area contributed by atoms with E-state index in [0.29, 0.717) is 6.54 Å². The number of ether oxygens (including phenoxy) is 1. The van der Waals surface area contributed by atoms with Gasteiger partial charge in [-0.25, -0.2) is 14.6 Å². The number of aryl methyl sites for hydroxylation is 1. The molecule has 0 fully saturated rings. The number of aromatic amines is 1. The van der Waals surface area contributed by atoms with E-state index in [1.165, 1.54) is 0 Å². The number of imidazole rings is 1. The van der Waals surface area contributed by atoms with Crippen molar-refractivity contribution in [3.63, 3.8) is 0 Å². The lowest BCUT2D eigenvalue weighted by Gasteiger charge is -2.07. The van der Waals surface area contributed by atoms with E-state index < -0.39 is 5.97 Å². The van der Waals surface area contributed by atoms with E-state index in [4.69, 9.17) is 9.84 Å². The highest BCUT2D eigenvalue weighted by Gasteiger charge is 2.00. The quantitative estimate of drug-likeness (QED) is 0.461. The van der Waals surface area contributed by atoms with Crippen molar-refractivity contribution in [3.05, 3.63) is 18.2 Å². The maximum absolute atomic E-state index is 11.3. The first-order chi connectivity index (χ1) is 9.18. The van der Waals surface area contributed by atoms with Crippen molar-refractivity contribution in [2.75, 3.05) is 26.3 Å². The van der Waals surface area contributed by atoms with Crippen LogP contribution in [0.25, 0.3) is 0 Å². The second-order valence-electron chi connectivity index (χ2n) is 3.77. The molecule has 0 aliphatic carbocycles. The third-order valence-electron chi connectivity index (χ3n) is 2.19. The first-order valence-corrected chi connectivity index (χ1v) is 5.98. The van der Waals surface area contributed by atoms with Gasteiger partial charge in [0.25, 0.3) is 0 Å². The molecule has 1 heterocycles. The van der Waals surface area contributed by atoms with Crippen molar-refractivity contribution in [1.82, 2.24) is 20.6 Å². The first kappa shape index (κ1) is 15.0. The summed E-state index contributed by atoms with van der Waals surface area (Å²) >= 11 is 0. The van der Waals surface area contributed by atoms with Gasteiger partial charge in [0, 0.05) is 31.9 Å². The third-order valence-corrected chi connectivity index (χ3v) is 2.19. The van der Waals surface area contributed by atoms with Crippen LogP contribution in [0.5, 0.6) is 0 Å². The minimum atomic E-state index is -1.03. The molecule has 106 valence electrons. The van der Waals surface area contributed by atoms with E-state index in [2.05, 4.69) is 20.6 Å². The van der Waals surface area contributed by atoms with Crippen molar-refractivity contribution >= 4 is 12.0 Å². The van der Waals surface area contributed by atoms with Gasteiger partial charge in [0.2, 0.25) is 0 Å². The summed E-state index contributed by atoms with van der Waals surface area (Å²) in [7, 11) is 0. The Labute approximate surface area is 110 Å². The van der Waals surface area contributed by atoms with Gasteiger partial charge >= 0.3 is 12.0 Å². The Kier molecular flexibility index (Phi) is 7.03. The zero-order valence-electron chi connectivity index (χ0n) is 10.5. The number of H-pyrrole nitrogens is 1. The van der Waals surface area contributed by atoms with Crippen LogP contribution in [-0.2, 0) is 16.0 Å². The summed E-state index contributed by atoms with van der Waals surface area (Å²) in [5.41, 5.74) is 0. The number of nitrogens with zero attached hydrogens (tertiary/aromatic N) is 1. The van der Waals surface area contributed by atoms with E-state index in [1.54, 1.807) is 12.4 Å². The molecule has 1 rings (SSSR count). The standard InChI is InChI=1S/C11H18N4O4/c16-10(17)8-19-7-6-15-11(18)14-3-1-2-9-12-4-5-13-9/h4-5H,1-3,6-8H2,(H,12,13)(H,16,17)(H2,14,15,18). The zero-order valence-corrected chi connectivity index (χ0v) is 10.5. The van der Waals surface area contributed by atoms with Crippen LogP contribution in [0.2, 0.25) is 0 Å². The molecule has 0 unspecified atom stereocenters. The Morgan fingerprint density at radius 1 is 1.37 bits per heavy atom.